The van der Waals surface area contributed by atoms with E-state index in [-0.39, 0.29) is 29.5 Å². The summed E-state index contributed by atoms with van der Waals surface area (Å²) in [6.45, 7) is 5.85. The van der Waals surface area contributed by atoms with Crippen LogP contribution in [0.2, 0.25) is 0 Å². The van der Waals surface area contributed by atoms with Crippen molar-refractivity contribution < 1.29 is 14.6 Å². The van der Waals surface area contributed by atoms with Gasteiger partial charge >= 0.3 is 0 Å². The summed E-state index contributed by atoms with van der Waals surface area (Å²) in [6.07, 6.45) is 3.55. The van der Waals surface area contributed by atoms with Crippen LogP contribution in [0, 0.1) is 23.2 Å². The van der Waals surface area contributed by atoms with Crippen molar-refractivity contribution in [1.82, 2.24) is 0 Å². The minimum absolute atomic E-state index is 0.0299. The maximum absolute atomic E-state index is 14.0. The Balaban J connectivity index is 1.65. The smallest absolute Gasteiger partial charge is 0.115 e. The molecule has 30 heavy (non-hydrogen) atoms. The van der Waals surface area contributed by atoms with Crippen LogP contribution < -0.4 is 0 Å². The summed E-state index contributed by atoms with van der Waals surface area (Å²) in [4.78, 5) is 0. The summed E-state index contributed by atoms with van der Waals surface area (Å²) in [5.74, 6) is 1.21. The van der Waals surface area contributed by atoms with Crippen molar-refractivity contribution in [1.29, 1.82) is 0 Å². The molecular weight excluding hydrogens is 375 g/mol. The molecule has 0 unspecified atom stereocenters. The third-order valence-electron chi connectivity index (χ3n) is 8.46. The fourth-order valence-electron chi connectivity index (χ4n) is 7.42. The van der Waals surface area contributed by atoms with Crippen LogP contribution in [-0.2, 0) is 6.42 Å². The highest BCUT2D eigenvalue weighted by molar-refractivity contribution is 5.43. The maximum Gasteiger partial charge on any atom is 0.115 e. The zero-order valence-electron chi connectivity index (χ0n) is 17.6. The Labute approximate surface area is 178 Å². The first-order valence-electron chi connectivity index (χ1n) is 11.3. The van der Waals surface area contributed by atoms with E-state index < -0.39 is 6.10 Å². The SMILES string of the molecule is C=C(F)C[C@H]1[C@H]2[C@H]3[C@H](CC[C@]2(C)C[C@H]1O)c1ccc(O)cc1C[C@H]3c1ccccc1. The molecule has 0 heterocycles. The van der Waals surface area contributed by atoms with Crippen LogP contribution in [0.15, 0.2) is 60.9 Å². The van der Waals surface area contributed by atoms with E-state index in [4.69, 9.17) is 0 Å². The molecular formula is C27H31FO2. The van der Waals surface area contributed by atoms with Gasteiger partial charge in [-0.3, -0.25) is 0 Å². The van der Waals surface area contributed by atoms with E-state index in [1.165, 1.54) is 16.7 Å². The average molecular weight is 407 g/mol. The van der Waals surface area contributed by atoms with Gasteiger partial charge in [0.05, 0.1) is 11.9 Å². The van der Waals surface area contributed by atoms with Crippen LogP contribution in [0.5, 0.6) is 5.75 Å². The van der Waals surface area contributed by atoms with E-state index in [0.29, 0.717) is 23.5 Å². The van der Waals surface area contributed by atoms with Crippen LogP contribution in [0.1, 0.15) is 61.1 Å². The second kappa shape index (κ2) is 7.23. The molecule has 3 aliphatic rings. The van der Waals surface area contributed by atoms with Crippen LogP contribution >= 0.6 is 0 Å². The monoisotopic (exact) mass is 406 g/mol. The van der Waals surface area contributed by atoms with Crippen molar-refractivity contribution in [2.24, 2.45) is 23.2 Å². The number of aliphatic hydroxyl groups is 1. The van der Waals surface area contributed by atoms with E-state index in [2.05, 4.69) is 43.8 Å². The number of aliphatic hydroxyl groups excluding tert-OH is 1. The first kappa shape index (κ1) is 19.8. The maximum atomic E-state index is 14.0. The molecule has 2 aromatic carbocycles. The number of aromatic hydroxyl groups is 1. The van der Waals surface area contributed by atoms with Gasteiger partial charge in [-0.2, -0.15) is 0 Å². The fourth-order valence-corrected chi connectivity index (χ4v) is 7.42. The number of rotatable bonds is 3. The van der Waals surface area contributed by atoms with E-state index in [1.807, 2.05) is 12.1 Å². The number of hydrogen-bond acceptors (Lipinski definition) is 2. The highest BCUT2D eigenvalue weighted by atomic mass is 19.1. The fraction of sp³-hybridized carbons (Fsp3) is 0.481. The third kappa shape index (κ3) is 3.10. The van der Waals surface area contributed by atoms with Crippen molar-refractivity contribution >= 4 is 0 Å². The summed E-state index contributed by atoms with van der Waals surface area (Å²) in [6, 6.07) is 16.5. The zero-order chi connectivity index (χ0) is 21.0. The Morgan fingerprint density at radius 3 is 2.67 bits per heavy atom. The van der Waals surface area contributed by atoms with Crippen LogP contribution in [-0.4, -0.2) is 16.3 Å². The molecule has 0 saturated heterocycles. The molecule has 0 bridgehead atoms. The Bertz CT molecular complexity index is 955. The Kier molecular flexibility index (Phi) is 4.77. The first-order chi connectivity index (χ1) is 14.4. The highest BCUT2D eigenvalue weighted by Crippen LogP contribution is 2.66. The molecule has 5 rings (SSSR count). The van der Waals surface area contributed by atoms with Crippen molar-refractivity contribution in [3.63, 3.8) is 0 Å². The van der Waals surface area contributed by atoms with Crippen LogP contribution in [0.3, 0.4) is 0 Å². The van der Waals surface area contributed by atoms with Gasteiger partial charge in [-0.1, -0.05) is 49.9 Å². The molecule has 2 fully saturated rings. The average Bonchev–Trinajstić information content (AvgIpc) is 2.96. The lowest BCUT2D eigenvalue weighted by Gasteiger charge is -2.53. The highest BCUT2D eigenvalue weighted by Gasteiger charge is 2.59. The lowest BCUT2D eigenvalue weighted by molar-refractivity contribution is 0.0165. The molecule has 0 spiro atoms. The normalized spacial score (nSPS) is 37.2. The molecule has 0 aliphatic heterocycles. The van der Waals surface area contributed by atoms with E-state index in [0.717, 1.165) is 25.7 Å². The quantitative estimate of drug-likeness (QED) is 0.646. The molecule has 3 aliphatic carbocycles. The summed E-state index contributed by atoms with van der Waals surface area (Å²) in [5.41, 5.74) is 3.91. The molecule has 2 aromatic rings. The number of fused-ring (bicyclic) bond motifs is 5. The zero-order valence-corrected chi connectivity index (χ0v) is 17.6. The van der Waals surface area contributed by atoms with Gasteiger partial charge in [-0.15, -0.1) is 0 Å². The summed E-state index contributed by atoms with van der Waals surface area (Å²) in [5, 5.41) is 21.1. The topological polar surface area (TPSA) is 40.5 Å². The van der Waals surface area contributed by atoms with Crippen molar-refractivity contribution in [3.8, 4) is 5.75 Å². The minimum atomic E-state index is -0.469. The molecule has 2 nitrogen and oxygen atoms in total. The van der Waals surface area contributed by atoms with Gasteiger partial charge in [0.15, 0.2) is 0 Å². The Morgan fingerprint density at radius 2 is 1.93 bits per heavy atom. The molecule has 0 aromatic heterocycles. The van der Waals surface area contributed by atoms with Gasteiger partial charge in [0.25, 0.3) is 0 Å². The molecule has 0 amide bonds. The number of allylic oxidation sites excluding steroid dienone is 1. The van der Waals surface area contributed by atoms with Gasteiger partial charge in [-0.25, -0.2) is 4.39 Å². The summed E-state index contributed by atoms with van der Waals surface area (Å²) in [7, 11) is 0. The van der Waals surface area contributed by atoms with Crippen LogP contribution in [0.4, 0.5) is 4.39 Å². The Hall–Kier alpha value is -2.13. The minimum Gasteiger partial charge on any atom is -0.508 e. The number of benzene rings is 2. The van der Waals surface area contributed by atoms with Gasteiger partial charge in [0, 0.05) is 6.42 Å². The molecule has 2 N–H and O–H groups in total. The van der Waals surface area contributed by atoms with E-state index in [9.17, 15) is 14.6 Å². The lowest BCUT2D eigenvalue weighted by Crippen LogP contribution is -2.45. The second-order valence-electron chi connectivity index (χ2n) is 10.2. The standard InChI is InChI=1S/C27H31FO2/c1-16(28)12-23-24(30)15-27(2)11-10-21-20-9-8-19(29)13-18(20)14-22(25(21)26(23)27)17-6-4-3-5-7-17/h3-9,13,21-26,29-30H,1,10-12,14-15H2,2H3/t21-,22+,23-,24-,25+,26+,27-/m1/s1. The van der Waals surface area contributed by atoms with Crippen molar-refractivity contribution in [3.05, 3.63) is 77.6 Å². The van der Waals surface area contributed by atoms with Gasteiger partial charge in [-0.05, 0) is 89.5 Å². The van der Waals surface area contributed by atoms with Gasteiger partial charge in [0.1, 0.15) is 5.75 Å². The molecule has 7 atom stereocenters. The molecule has 0 radical (unpaired) electrons. The second-order valence-corrected chi connectivity index (χ2v) is 10.2. The largest absolute Gasteiger partial charge is 0.508 e. The number of halogens is 1. The Morgan fingerprint density at radius 1 is 1.17 bits per heavy atom. The van der Waals surface area contributed by atoms with Crippen LogP contribution in [0.25, 0.3) is 0 Å². The molecule has 158 valence electrons. The number of hydrogen-bond donors (Lipinski definition) is 2. The van der Waals surface area contributed by atoms with E-state index in [1.54, 1.807) is 6.07 Å². The first-order valence-corrected chi connectivity index (χ1v) is 11.3. The predicted molar refractivity (Wildman–Crippen MR) is 117 cm³/mol. The van der Waals surface area contributed by atoms with Crippen molar-refractivity contribution in [2.75, 3.05) is 0 Å². The van der Waals surface area contributed by atoms with E-state index >= 15 is 0 Å². The van der Waals surface area contributed by atoms with Crippen molar-refractivity contribution in [2.45, 2.75) is 57.0 Å². The predicted octanol–water partition coefficient (Wildman–Crippen LogP) is 6.10. The summed E-state index contributed by atoms with van der Waals surface area (Å²) >= 11 is 0. The third-order valence-corrected chi connectivity index (χ3v) is 8.46. The van der Waals surface area contributed by atoms with Gasteiger partial charge in [0.2, 0.25) is 0 Å². The summed E-state index contributed by atoms with van der Waals surface area (Å²) < 4.78 is 14.0. The number of phenolic OH excluding ortho intramolecular Hbond substituents is 1. The molecule has 3 heteroatoms. The number of phenols is 1. The molecule has 2 saturated carbocycles. The lowest BCUT2D eigenvalue weighted by atomic mass is 9.50. The van der Waals surface area contributed by atoms with Gasteiger partial charge < -0.3 is 10.2 Å².